The lowest BCUT2D eigenvalue weighted by Gasteiger charge is -2.10. The van der Waals surface area contributed by atoms with Crippen molar-refractivity contribution >= 4 is 66.6 Å². The standard InChI is InChI=1S/C19H18ClN5O4S.C15H15ClN2O2.C5H7N3O2S.6H2/c1-3-29-16-10-11(2)9-14(23-16)13-7-6-12(17(20)24-13)19(26)25-30(27,28)15-5-4-8-22-18(15)21;1-4-20-14-8-9(2)7-13(17-14)12-6-5-11(10(3)19)15(16)18-12;6-5-4(11(7,9)10)2-1-3-8-5;;;;;;/h4-10H,3H2,1-2H3,(H2,21,22)(H,25,26);5-8H,4H2,1-3H3;1-3H,(H2,6,8)(H2,7,9,10);6*1H. The number of primary sulfonamides is 1. The number of rotatable bonds is 11. The Hall–Kier alpha value is -6.32. The van der Waals surface area contributed by atoms with Gasteiger partial charge in [-0.25, -0.2) is 56.6 Å². The summed E-state index contributed by atoms with van der Waals surface area (Å²) in [5.74, 6) is -0.373. The predicted molar refractivity (Wildman–Crippen MR) is 243 cm³/mol. The van der Waals surface area contributed by atoms with E-state index >= 15 is 0 Å². The number of carbonyl (C=O) groups is 2. The maximum Gasteiger partial charge on any atom is 0.268 e. The van der Waals surface area contributed by atoms with Crippen LogP contribution in [-0.4, -0.2) is 71.6 Å². The lowest BCUT2D eigenvalue weighted by molar-refractivity contribution is 0.0979. The van der Waals surface area contributed by atoms with Crippen molar-refractivity contribution in [3.05, 3.63) is 118 Å². The third-order valence-corrected chi connectivity index (χ3v) is 10.7. The van der Waals surface area contributed by atoms with Crippen molar-refractivity contribution in [3.63, 3.8) is 0 Å². The number of carbonyl (C=O) groups excluding carboxylic acids is 2. The molecule has 0 atom stereocenters. The first-order chi connectivity index (χ1) is 28.7. The third kappa shape index (κ3) is 13.1. The molecule has 0 bridgehead atoms. The minimum absolute atomic E-state index is 0. The second-order valence-electron chi connectivity index (χ2n) is 12.5. The molecule has 6 heterocycles. The van der Waals surface area contributed by atoms with Gasteiger partial charge in [-0.15, -0.1) is 0 Å². The number of Topliss-reactive ketones (excluding diaryl/α,β-unsaturated/α-hetero) is 1. The number of ketones is 1. The first-order valence-electron chi connectivity index (χ1n) is 17.8. The van der Waals surface area contributed by atoms with Crippen LogP contribution in [0.1, 0.15) is 61.2 Å². The molecular formula is C39H52Cl2N10O8S2. The van der Waals surface area contributed by atoms with Gasteiger partial charge in [0.2, 0.25) is 21.8 Å². The molecule has 6 aromatic heterocycles. The van der Waals surface area contributed by atoms with E-state index < -0.39 is 26.0 Å². The first-order valence-corrected chi connectivity index (χ1v) is 21.6. The molecule has 0 unspecified atom stereocenters. The van der Waals surface area contributed by atoms with Crippen LogP contribution in [-0.2, 0) is 20.0 Å². The molecule has 0 aliphatic heterocycles. The zero-order valence-corrected chi connectivity index (χ0v) is 36.4. The molecule has 1 amide bonds. The van der Waals surface area contributed by atoms with Gasteiger partial charge in [0.1, 0.15) is 31.7 Å². The summed E-state index contributed by atoms with van der Waals surface area (Å²) >= 11 is 12.2. The number of pyridine rings is 6. The van der Waals surface area contributed by atoms with Gasteiger partial charge in [-0.3, -0.25) is 9.59 Å². The molecule has 22 heteroatoms. The minimum Gasteiger partial charge on any atom is -0.478 e. The highest BCUT2D eigenvalue weighted by Gasteiger charge is 2.24. The molecule has 6 rings (SSSR count). The molecule has 6 aromatic rings. The monoisotopic (exact) mass is 922 g/mol. The number of amides is 1. The fraction of sp³-hybridized carbons (Fsp3) is 0.179. The second-order valence-corrected chi connectivity index (χ2v) is 16.4. The number of nitrogens with two attached hydrogens (primary N) is 3. The molecule has 0 spiro atoms. The lowest BCUT2D eigenvalue weighted by Crippen LogP contribution is -2.31. The Morgan fingerprint density at radius 3 is 1.49 bits per heavy atom. The Bertz CT molecular complexity index is 2830. The number of sulfonamides is 2. The number of nitrogens with one attached hydrogen (secondary N) is 1. The summed E-state index contributed by atoms with van der Waals surface area (Å²) in [4.78, 5) is 47.8. The van der Waals surface area contributed by atoms with Gasteiger partial charge in [-0.05, 0) is 106 Å². The van der Waals surface area contributed by atoms with Gasteiger partial charge in [-0.1, -0.05) is 23.2 Å². The Morgan fingerprint density at radius 2 is 1.11 bits per heavy atom. The highest BCUT2D eigenvalue weighted by molar-refractivity contribution is 7.90. The molecule has 0 fully saturated rings. The topological polar surface area (TPSA) is 288 Å². The van der Waals surface area contributed by atoms with Gasteiger partial charge in [0.15, 0.2) is 5.78 Å². The van der Waals surface area contributed by atoms with E-state index in [-0.39, 0.29) is 51.6 Å². The highest BCUT2D eigenvalue weighted by Crippen LogP contribution is 2.26. The van der Waals surface area contributed by atoms with E-state index in [9.17, 15) is 26.4 Å². The van der Waals surface area contributed by atoms with Crippen LogP contribution in [0.15, 0.2) is 95.0 Å². The molecule has 61 heavy (non-hydrogen) atoms. The van der Waals surface area contributed by atoms with Crippen molar-refractivity contribution < 1.29 is 44.5 Å². The van der Waals surface area contributed by atoms with Crippen LogP contribution in [0.5, 0.6) is 11.8 Å². The molecule has 0 saturated carbocycles. The summed E-state index contributed by atoms with van der Waals surface area (Å²) in [7, 11) is -7.96. The molecule has 0 aliphatic rings. The maximum atomic E-state index is 12.5. The summed E-state index contributed by atoms with van der Waals surface area (Å²) in [6, 6.07) is 19.0. The van der Waals surface area contributed by atoms with Crippen LogP contribution in [0.4, 0.5) is 11.6 Å². The number of hydrogen-bond donors (Lipinski definition) is 4. The second kappa shape index (κ2) is 20.8. The van der Waals surface area contributed by atoms with E-state index in [4.69, 9.17) is 49.3 Å². The zero-order chi connectivity index (χ0) is 45.1. The number of aromatic nitrogens is 6. The SMILES string of the molecule is CCOc1cc(C)cc(-c2ccc(C(=O)NS(=O)(=O)c3cccnc3N)c(Cl)n2)n1.CCOc1cc(C)cc(-c2ccc(C(C)=O)c(Cl)n2)n1.Nc1ncccc1S(N)(=O)=O.[HH].[HH].[HH].[HH].[HH].[HH]. The van der Waals surface area contributed by atoms with E-state index in [1.165, 1.54) is 55.7 Å². The molecule has 7 N–H and O–H groups in total. The maximum absolute atomic E-state index is 12.5. The van der Waals surface area contributed by atoms with Gasteiger partial charge in [0.05, 0.1) is 47.1 Å². The van der Waals surface area contributed by atoms with Crippen LogP contribution in [0, 0.1) is 13.8 Å². The van der Waals surface area contributed by atoms with Gasteiger partial charge >= 0.3 is 0 Å². The predicted octanol–water partition coefficient (Wildman–Crippen LogP) is 7.09. The largest absolute Gasteiger partial charge is 0.478 e. The van der Waals surface area contributed by atoms with E-state index in [0.717, 1.165) is 11.1 Å². The molecule has 0 saturated heterocycles. The van der Waals surface area contributed by atoms with Crippen LogP contribution in [0.2, 0.25) is 10.3 Å². The first kappa shape index (κ1) is 47.4. The van der Waals surface area contributed by atoms with Crippen LogP contribution in [0.25, 0.3) is 22.8 Å². The number of nitrogens with zero attached hydrogens (tertiary/aromatic N) is 6. The summed E-state index contributed by atoms with van der Waals surface area (Å²) in [6.45, 7) is 10.1. The van der Waals surface area contributed by atoms with Gasteiger partial charge < -0.3 is 20.9 Å². The number of halogens is 2. The van der Waals surface area contributed by atoms with E-state index in [0.29, 0.717) is 53.3 Å². The van der Waals surface area contributed by atoms with Crippen molar-refractivity contribution in [2.75, 3.05) is 24.7 Å². The number of anilines is 2. The molecular weight excluding hydrogens is 872 g/mol. The average Bonchev–Trinajstić information content (AvgIpc) is 3.17. The fourth-order valence-corrected chi connectivity index (χ4v) is 7.26. The molecule has 0 radical (unpaired) electrons. The van der Waals surface area contributed by atoms with E-state index in [1.54, 1.807) is 24.3 Å². The highest BCUT2D eigenvalue weighted by atomic mass is 35.5. The Labute approximate surface area is 370 Å². The normalized spacial score (nSPS) is 11.0. The number of hydrogen-bond acceptors (Lipinski definition) is 16. The third-order valence-electron chi connectivity index (χ3n) is 7.75. The van der Waals surface area contributed by atoms with Crippen molar-refractivity contribution in [3.8, 4) is 34.5 Å². The summed E-state index contributed by atoms with van der Waals surface area (Å²) in [5.41, 5.74) is 15.2. The van der Waals surface area contributed by atoms with E-state index in [2.05, 4.69) is 29.9 Å². The van der Waals surface area contributed by atoms with Gasteiger partial charge in [0.25, 0.3) is 15.9 Å². The minimum atomic E-state index is -4.24. The van der Waals surface area contributed by atoms with Crippen molar-refractivity contribution in [2.45, 2.75) is 44.4 Å². The molecule has 0 aromatic carbocycles. The zero-order valence-electron chi connectivity index (χ0n) is 33.3. The van der Waals surface area contributed by atoms with Crippen molar-refractivity contribution in [1.82, 2.24) is 34.6 Å². The molecule has 0 aliphatic carbocycles. The van der Waals surface area contributed by atoms with Crippen LogP contribution >= 0.6 is 23.2 Å². The molecule has 332 valence electrons. The van der Waals surface area contributed by atoms with Crippen molar-refractivity contribution in [1.29, 1.82) is 0 Å². The number of aryl methyl sites for hydroxylation is 2. The summed E-state index contributed by atoms with van der Waals surface area (Å²) in [5, 5.41) is 4.82. The quantitative estimate of drug-likeness (QED) is 0.0744. The van der Waals surface area contributed by atoms with Crippen LogP contribution < -0.4 is 30.8 Å². The molecule has 18 nitrogen and oxygen atoms in total. The number of nitrogen functional groups attached to an aromatic ring is 2. The summed E-state index contributed by atoms with van der Waals surface area (Å²) in [6.07, 6.45) is 2.73. The van der Waals surface area contributed by atoms with Crippen LogP contribution in [0.3, 0.4) is 0 Å². The Balaban J connectivity index is -0.000000965. The Kier molecular flexibility index (Phi) is 16.1. The van der Waals surface area contributed by atoms with Gasteiger partial charge in [0, 0.05) is 33.1 Å². The average molecular weight is 924 g/mol. The lowest BCUT2D eigenvalue weighted by atomic mass is 10.1. The number of ether oxygens (including phenoxy) is 2. The smallest absolute Gasteiger partial charge is 0.268 e. The summed E-state index contributed by atoms with van der Waals surface area (Å²) < 4.78 is 59.1. The van der Waals surface area contributed by atoms with E-state index in [1.807, 2.05) is 44.5 Å². The van der Waals surface area contributed by atoms with Crippen molar-refractivity contribution in [2.24, 2.45) is 5.14 Å². The fourth-order valence-electron chi connectivity index (χ4n) is 5.07. The van der Waals surface area contributed by atoms with Gasteiger partial charge in [-0.2, -0.15) is 0 Å². The Morgan fingerprint density at radius 1 is 0.672 bits per heavy atom.